The van der Waals surface area contributed by atoms with E-state index < -0.39 is 5.91 Å². The van der Waals surface area contributed by atoms with Gasteiger partial charge in [-0.2, -0.15) is 4.99 Å². The number of nitrogens with two attached hydrogens (primary N) is 2. The van der Waals surface area contributed by atoms with Gasteiger partial charge in [-0.05, 0) is 31.0 Å². The topological polar surface area (TPSA) is 103 Å². The summed E-state index contributed by atoms with van der Waals surface area (Å²) in [4.78, 5) is 27.5. The predicted octanol–water partition coefficient (Wildman–Crippen LogP) is 2.89. The van der Waals surface area contributed by atoms with E-state index in [1.807, 2.05) is 24.3 Å². The summed E-state index contributed by atoms with van der Waals surface area (Å²) in [6, 6.07) is 14.0. The molecule has 4 rings (SSSR count). The Morgan fingerprint density at radius 2 is 1.69 bits per heavy atom. The van der Waals surface area contributed by atoms with Crippen LogP contribution in [0, 0.1) is 0 Å². The maximum Gasteiger partial charge on any atom is 0.280 e. The lowest BCUT2D eigenvalue weighted by atomic mass is 9.94. The number of aromatic nitrogens is 1. The summed E-state index contributed by atoms with van der Waals surface area (Å²) in [5.41, 5.74) is 13.2. The van der Waals surface area contributed by atoms with Crippen molar-refractivity contribution in [2.75, 3.05) is 0 Å². The average Bonchev–Trinajstić information content (AvgIpc) is 2.95. The highest BCUT2D eigenvalue weighted by Gasteiger charge is 2.24. The number of hydrogen-bond donors (Lipinski definition) is 2. The Balaban J connectivity index is 1.92. The molecule has 0 spiro atoms. The van der Waals surface area contributed by atoms with Gasteiger partial charge in [-0.25, -0.2) is 0 Å². The van der Waals surface area contributed by atoms with Crippen LogP contribution in [0.4, 0.5) is 0 Å². The van der Waals surface area contributed by atoms with E-state index in [9.17, 15) is 9.59 Å². The van der Waals surface area contributed by atoms with Crippen LogP contribution in [0.2, 0.25) is 0 Å². The zero-order valence-corrected chi connectivity index (χ0v) is 14.3. The van der Waals surface area contributed by atoms with Crippen LogP contribution in [0.3, 0.4) is 0 Å². The Morgan fingerprint density at radius 1 is 1.00 bits per heavy atom. The molecule has 1 aliphatic carbocycles. The first-order valence-corrected chi connectivity index (χ1v) is 8.73. The minimum atomic E-state index is -0.456. The van der Waals surface area contributed by atoms with Crippen LogP contribution in [0.25, 0.3) is 21.8 Å². The first kappa shape index (κ1) is 16.3. The second kappa shape index (κ2) is 6.29. The largest absolute Gasteiger partial charge is 0.370 e. The van der Waals surface area contributed by atoms with Gasteiger partial charge in [0.1, 0.15) is 5.78 Å². The highest BCUT2D eigenvalue weighted by atomic mass is 16.1. The van der Waals surface area contributed by atoms with E-state index in [4.69, 9.17) is 11.5 Å². The maximum atomic E-state index is 12.2. The Kier molecular flexibility index (Phi) is 3.95. The van der Waals surface area contributed by atoms with Crippen LogP contribution in [0.15, 0.2) is 47.5 Å². The van der Waals surface area contributed by atoms with Gasteiger partial charge in [-0.3, -0.25) is 9.59 Å². The van der Waals surface area contributed by atoms with Crippen molar-refractivity contribution in [2.45, 2.75) is 31.7 Å². The quantitative estimate of drug-likeness (QED) is 0.549. The molecule has 0 unspecified atom stereocenters. The van der Waals surface area contributed by atoms with Crippen molar-refractivity contribution in [3.63, 3.8) is 0 Å². The smallest absolute Gasteiger partial charge is 0.280 e. The fourth-order valence-corrected chi connectivity index (χ4v) is 3.89. The summed E-state index contributed by atoms with van der Waals surface area (Å²) in [6.45, 7) is 0. The molecule has 1 aromatic heterocycles. The fraction of sp³-hybridized carbons (Fsp3) is 0.250. The van der Waals surface area contributed by atoms with Crippen LogP contribution in [0.1, 0.15) is 42.1 Å². The molecule has 0 aliphatic heterocycles. The number of rotatable bonds is 2. The van der Waals surface area contributed by atoms with Crippen molar-refractivity contribution in [1.82, 2.24) is 4.57 Å². The molecule has 0 radical (unpaired) electrons. The summed E-state index contributed by atoms with van der Waals surface area (Å²) in [6.07, 6.45) is 2.84. The van der Waals surface area contributed by atoms with E-state index in [0.717, 1.165) is 34.6 Å². The van der Waals surface area contributed by atoms with Crippen molar-refractivity contribution in [3.8, 4) is 0 Å². The molecule has 0 saturated heterocycles. The second-order valence-electron chi connectivity index (χ2n) is 6.73. The van der Waals surface area contributed by atoms with Crippen molar-refractivity contribution in [1.29, 1.82) is 0 Å². The standard InChI is InChI=1S/C20H20N4O2/c21-20(22)23-19(26)12-5-10-16-15-3-1-2-4-17(15)24(18(16)11-12)13-6-8-14(25)9-7-13/h1-5,10-11,13H,6-9H2,(H4,21,22,23,26). The fourth-order valence-electron chi connectivity index (χ4n) is 3.89. The number of ketones is 1. The molecule has 1 fully saturated rings. The molecule has 0 atom stereocenters. The monoisotopic (exact) mass is 348 g/mol. The lowest BCUT2D eigenvalue weighted by Crippen LogP contribution is -2.24. The molecule has 1 aliphatic rings. The molecule has 1 amide bonds. The molecule has 4 N–H and O–H groups in total. The molecule has 1 heterocycles. The zero-order chi connectivity index (χ0) is 18.3. The molecule has 6 heteroatoms. The van der Waals surface area contributed by atoms with Crippen molar-refractivity contribution >= 4 is 39.5 Å². The average molecular weight is 348 g/mol. The number of nitrogens with zero attached hydrogens (tertiary/aromatic N) is 2. The Labute approximate surface area is 150 Å². The van der Waals surface area contributed by atoms with Gasteiger partial charge in [-0.1, -0.05) is 24.3 Å². The number of benzene rings is 2. The Morgan fingerprint density at radius 3 is 2.42 bits per heavy atom. The normalized spacial score (nSPS) is 15.5. The van der Waals surface area contributed by atoms with Gasteiger partial charge in [0.05, 0.1) is 5.52 Å². The van der Waals surface area contributed by atoms with Gasteiger partial charge in [0, 0.05) is 40.7 Å². The minimum absolute atomic E-state index is 0.239. The number of Topliss-reactive ketones (excluding diaryl/α,β-unsaturated/α-hetero) is 1. The lowest BCUT2D eigenvalue weighted by Gasteiger charge is -2.24. The summed E-state index contributed by atoms with van der Waals surface area (Å²) in [5.74, 6) is -0.380. The van der Waals surface area contributed by atoms with Crippen LogP contribution >= 0.6 is 0 Å². The van der Waals surface area contributed by atoms with Crippen molar-refractivity contribution < 1.29 is 9.59 Å². The van der Waals surface area contributed by atoms with Crippen LogP contribution in [-0.2, 0) is 4.79 Å². The predicted molar refractivity (Wildman–Crippen MR) is 102 cm³/mol. The van der Waals surface area contributed by atoms with Gasteiger partial charge in [-0.15, -0.1) is 0 Å². The van der Waals surface area contributed by atoms with Gasteiger partial charge >= 0.3 is 0 Å². The Hall–Kier alpha value is -3.15. The summed E-state index contributed by atoms with van der Waals surface area (Å²) < 4.78 is 2.27. The molecule has 2 aromatic carbocycles. The Bertz CT molecular complexity index is 1050. The number of fused-ring (bicyclic) bond motifs is 3. The van der Waals surface area contributed by atoms with Gasteiger partial charge in [0.15, 0.2) is 5.96 Å². The second-order valence-corrected chi connectivity index (χ2v) is 6.73. The lowest BCUT2D eigenvalue weighted by molar-refractivity contribution is -0.120. The van der Waals surface area contributed by atoms with Gasteiger partial charge < -0.3 is 16.0 Å². The number of para-hydroxylation sites is 1. The first-order valence-electron chi connectivity index (χ1n) is 8.73. The highest BCUT2D eigenvalue weighted by Crippen LogP contribution is 2.37. The van der Waals surface area contributed by atoms with E-state index in [1.165, 1.54) is 0 Å². The van der Waals surface area contributed by atoms with E-state index >= 15 is 0 Å². The summed E-state index contributed by atoms with van der Waals surface area (Å²) >= 11 is 0. The first-order chi connectivity index (χ1) is 12.5. The SMILES string of the molecule is NC(N)=NC(=O)c1ccc2c3ccccc3n(C3CCC(=O)CC3)c2c1. The van der Waals surface area contributed by atoms with Gasteiger partial charge in [0.2, 0.25) is 0 Å². The third kappa shape index (κ3) is 2.73. The van der Waals surface area contributed by atoms with E-state index in [0.29, 0.717) is 24.2 Å². The maximum absolute atomic E-state index is 12.2. The molecule has 1 saturated carbocycles. The molecule has 6 nitrogen and oxygen atoms in total. The number of aliphatic imine (C=N–C) groups is 1. The molecule has 3 aromatic rings. The van der Waals surface area contributed by atoms with Gasteiger partial charge in [0.25, 0.3) is 5.91 Å². The zero-order valence-electron chi connectivity index (χ0n) is 14.3. The number of hydrogen-bond acceptors (Lipinski definition) is 2. The van der Waals surface area contributed by atoms with Crippen molar-refractivity contribution in [3.05, 3.63) is 48.0 Å². The molecular weight excluding hydrogens is 328 g/mol. The number of amides is 1. The number of carbonyl (C=O) groups is 2. The van der Waals surface area contributed by atoms with Crippen LogP contribution in [-0.4, -0.2) is 22.2 Å². The third-order valence-electron chi connectivity index (χ3n) is 5.07. The molecular formula is C20H20N4O2. The summed E-state index contributed by atoms with van der Waals surface area (Å²) in [7, 11) is 0. The third-order valence-corrected chi connectivity index (χ3v) is 5.07. The van der Waals surface area contributed by atoms with E-state index in [2.05, 4.69) is 21.7 Å². The minimum Gasteiger partial charge on any atom is -0.370 e. The number of guanidine groups is 1. The molecule has 0 bridgehead atoms. The van der Waals surface area contributed by atoms with E-state index in [1.54, 1.807) is 6.07 Å². The molecule has 132 valence electrons. The van der Waals surface area contributed by atoms with E-state index in [-0.39, 0.29) is 12.0 Å². The number of carbonyl (C=O) groups excluding carboxylic acids is 2. The van der Waals surface area contributed by atoms with Crippen LogP contribution < -0.4 is 11.5 Å². The van der Waals surface area contributed by atoms with Crippen molar-refractivity contribution in [2.24, 2.45) is 16.5 Å². The molecule has 26 heavy (non-hydrogen) atoms. The van der Waals surface area contributed by atoms with Crippen LogP contribution in [0.5, 0.6) is 0 Å². The summed E-state index contributed by atoms with van der Waals surface area (Å²) in [5, 5.41) is 2.22. The highest BCUT2D eigenvalue weighted by molar-refractivity contribution is 6.11.